The number of morpholine rings is 1. The Balaban J connectivity index is 1.49. The van der Waals surface area contributed by atoms with E-state index in [1.165, 1.54) is 0 Å². The Labute approximate surface area is 131 Å². The molecule has 3 rings (SSSR count). The first-order chi connectivity index (χ1) is 10.7. The van der Waals surface area contributed by atoms with Crippen molar-refractivity contribution < 1.29 is 14.3 Å². The molecule has 3 heterocycles. The van der Waals surface area contributed by atoms with Gasteiger partial charge in [0, 0.05) is 64.8 Å². The minimum atomic E-state index is -0.370. The van der Waals surface area contributed by atoms with E-state index >= 15 is 0 Å². The molecule has 2 saturated heterocycles. The Morgan fingerprint density at radius 1 is 1.23 bits per heavy atom. The van der Waals surface area contributed by atoms with Crippen LogP contribution in [0.25, 0.3) is 0 Å². The summed E-state index contributed by atoms with van der Waals surface area (Å²) in [7, 11) is 0. The van der Waals surface area contributed by atoms with Crippen molar-refractivity contribution in [3.8, 4) is 12.3 Å². The summed E-state index contributed by atoms with van der Waals surface area (Å²) < 4.78 is 11.4. The van der Waals surface area contributed by atoms with E-state index in [4.69, 9.17) is 15.9 Å². The second kappa shape index (κ2) is 6.35. The molecule has 2 fully saturated rings. The fraction of sp³-hybridized carbons (Fsp3) is 0.812. The monoisotopic (exact) mass is 305 g/mol. The lowest BCUT2D eigenvalue weighted by Crippen LogP contribution is -2.55. The quantitative estimate of drug-likeness (QED) is 0.727. The van der Waals surface area contributed by atoms with Crippen LogP contribution in [-0.4, -0.2) is 55.0 Å². The van der Waals surface area contributed by atoms with Crippen molar-refractivity contribution in [2.24, 2.45) is 10.2 Å². The number of carbonyl (C=O) groups excluding carboxylic acids is 1. The van der Waals surface area contributed by atoms with Crippen molar-refractivity contribution in [1.82, 2.24) is 4.90 Å². The molecular formula is C16H23N3O3. The summed E-state index contributed by atoms with van der Waals surface area (Å²) in [5.74, 6) is 2.78. The molecule has 3 aliphatic rings. The number of ether oxygens (including phenoxy) is 2. The first-order valence-corrected chi connectivity index (χ1v) is 8.04. The zero-order valence-corrected chi connectivity index (χ0v) is 12.9. The van der Waals surface area contributed by atoms with Crippen LogP contribution in [0.3, 0.4) is 0 Å². The van der Waals surface area contributed by atoms with Gasteiger partial charge in [-0.05, 0) is 0 Å². The second-order valence-electron chi connectivity index (χ2n) is 6.35. The average molecular weight is 305 g/mol. The van der Waals surface area contributed by atoms with E-state index in [0.717, 1.165) is 32.5 Å². The number of carbonyl (C=O) groups is 1. The van der Waals surface area contributed by atoms with E-state index in [9.17, 15) is 4.79 Å². The Bertz CT molecular complexity index is 480. The molecule has 0 aromatic rings. The van der Waals surface area contributed by atoms with Crippen LogP contribution in [0.2, 0.25) is 0 Å². The Hall–Kier alpha value is -1.45. The molecule has 1 amide bonds. The van der Waals surface area contributed by atoms with Gasteiger partial charge in [-0.2, -0.15) is 10.2 Å². The summed E-state index contributed by atoms with van der Waals surface area (Å²) in [4.78, 5) is 14.4. The summed E-state index contributed by atoms with van der Waals surface area (Å²) in [6.45, 7) is 3.40. The third-order valence-electron chi connectivity index (χ3n) is 4.80. The summed E-state index contributed by atoms with van der Waals surface area (Å²) in [5, 5.41) is 8.18. The molecule has 6 heteroatoms. The molecule has 0 aromatic carbocycles. The predicted molar refractivity (Wildman–Crippen MR) is 80.2 cm³/mol. The molecule has 6 nitrogen and oxygen atoms in total. The first-order valence-electron chi connectivity index (χ1n) is 8.04. The van der Waals surface area contributed by atoms with Gasteiger partial charge in [0.15, 0.2) is 5.66 Å². The highest BCUT2D eigenvalue weighted by Crippen LogP contribution is 2.38. The number of amides is 1. The van der Waals surface area contributed by atoms with Crippen LogP contribution in [0, 0.1) is 12.3 Å². The lowest BCUT2D eigenvalue weighted by molar-refractivity contribution is -0.168. The van der Waals surface area contributed by atoms with Gasteiger partial charge in [-0.3, -0.25) is 4.79 Å². The summed E-state index contributed by atoms with van der Waals surface area (Å²) in [6.07, 6.45) is 9.57. The molecule has 0 atom stereocenters. The van der Waals surface area contributed by atoms with Crippen LogP contribution in [0.1, 0.15) is 38.5 Å². The van der Waals surface area contributed by atoms with E-state index < -0.39 is 0 Å². The predicted octanol–water partition coefficient (Wildman–Crippen LogP) is 1.75. The van der Waals surface area contributed by atoms with Gasteiger partial charge in [-0.15, -0.1) is 12.3 Å². The molecular weight excluding hydrogens is 282 g/mol. The minimum Gasteiger partial charge on any atom is -0.381 e. The van der Waals surface area contributed by atoms with Gasteiger partial charge in [0.05, 0.1) is 12.2 Å². The minimum absolute atomic E-state index is 0.173. The van der Waals surface area contributed by atoms with Crippen LogP contribution in [0.15, 0.2) is 10.2 Å². The van der Waals surface area contributed by atoms with Gasteiger partial charge >= 0.3 is 0 Å². The van der Waals surface area contributed by atoms with Crippen molar-refractivity contribution in [2.75, 3.05) is 32.9 Å². The molecule has 0 unspecified atom stereocenters. The Morgan fingerprint density at radius 3 is 2.68 bits per heavy atom. The number of nitrogens with zero attached hydrogens (tertiary/aromatic N) is 3. The van der Waals surface area contributed by atoms with Gasteiger partial charge in [0.25, 0.3) is 0 Å². The molecule has 0 aromatic heterocycles. The SMILES string of the molecule is C#CCCC1(CCC(=O)N2CCOC3(CCOCC3)C2)N=N1. The van der Waals surface area contributed by atoms with Crippen molar-refractivity contribution in [1.29, 1.82) is 0 Å². The number of rotatable bonds is 5. The molecule has 0 bridgehead atoms. The fourth-order valence-corrected chi connectivity index (χ4v) is 3.24. The van der Waals surface area contributed by atoms with E-state index in [1.54, 1.807) is 0 Å². The van der Waals surface area contributed by atoms with Crippen LogP contribution in [0.5, 0.6) is 0 Å². The second-order valence-corrected chi connectivity index (χ2v) is 6.35. The largest absolute Gasteiger partial charge is 0.381 e. The summed E-state index contributed by atoms with van der Waals surface area (Å²) >= 11 is 0. The van der Waals surface area contributed by atoms with Gasteiger partial charge < -0.3 is 14.4 Å². The van der Waals surface area contributed by atoms with Crippen molar-refractivity contribution in [3.05, 3.63) is 0 Å². The highest BCUT2D eigenvalue weighted by Gasteiger charge is 2.42. The van der Waals surface area contributed by atoms with E-state index in [-0.39, 0.29) is 17.2 Å². The number of terminal acetylenes is 1. The number of hydrogen-bond acceptors (Lipinski definition) is 5. The van der Waals surface area contributed by atoms with Crippen molar-refractivity contribution >= 4 is 5.91 Å². The topological polar surface area (TPSA) is 63.5 Å². The molecule has 22 heavy (non-hydrogen) atoms. The smallest absolute Gasteiger partial charge is 0.222 e. The zero-order chi connectivity index (χ0) is 15.5. The van der Waals surface area contributed by atoms with E-state index in [0.29, 0.717) is 39.0 Å². The van der Waals surface area contributed by atoms with Crippen molar-refractivity contribution in [2.45, 2.75) is 49.8 Å². The normalized spacial score (nSPS) is 25.0. The molecule has 1 spiro atoms. The zero-order valence-electron chi connectivity index (χ0n) is 12.9. The molecule has 0 saturated carbocycles. The van der Waals surface area contributed by atoms with Gasteiger partial charge in [0.2, 0.25) is 5.91 Å². The Morgan fingerprint density at radius 2 is 2.00 bits per heavy atom. The molecule has 0 radical (unpaired) electrons. The van der Waals surface area contributed by atoms with E-state index in [2.05, 4.69) is 16.1 Å². The van der Waals surface area contributed by atoms with Gasteiger partial charge in [-0.25, -0.2) is 0 Å². The standard InChI is InChI=1S/C16H23N3O3/c1-2-3-5-16(17-18-16)6-4-14(20)19-9-12-22-15(13-19)7-10-21-11-8-15/h1H,3-13H2. The van der Waals surface area contributed by atoms with Crippen LogP contribution in [-0.2, 0) is 14.3 Å². The van der Waals surface area contributed by atoms with Crippen LogP contribution in [0.4, 0.5) is 0 Å². The maximum Gasteiger partial charge on any atom is 0.222 e. The summed E-state index contributed by atoms with van der Waals surface area (Å²) in [6, 6.07) is 0. The fourth-order valence-electron chi connectivity index (χ4n) is 3.24. The molecule has 0 aliphatic carbocycles. The Kier molecular flexibility index (Phi) is 4.46. The lowest BCUT2D eigenvalue weighted by atomic mass is 9.91. The lowest BCUT2D eigenvalue weighted by Gasteiger charge is -2.44. The third-order valence-corrected chi connectivity index (χ3v) is 4.80. The van der Waals surface area contributed by atoms with E-state index in [1.807, 2.05) is 4.90 Å². The van der Waals surface area contributed by atoms with Crippen LogP contribution >= 0.6 is 0 Å². The molecule has 0 N–H and O–H groups in total. The number of hydrogen-bond donors (Lipinski definition) is 0. The third kappa shape index (κ3) is 3.47. The highest BCUT2D eigenvalue weighted by atomic mass is 16.5. The van der Waals surface area contributed by atoms with Gasteiger partial charge in [-0.1, -0.05) is 0 Å². The van der Waals surface area contributed by atoms with Gasteiger partial charge in [0.1, 0.15) is 0 Å². The first kappa shape index (κ1) is 15.4. The average Bonchev–Trinajstić information content (AvgIpc) is 3.32. The molecule has 3 aliphatic heterocycles. The highest BCUT2D eigenvalue weighted by molar-refractivity contribution is 5.76. The summed E-state index contributed by atoms with van der Waals surface area (Å²) in [5.41, 5.74) is -0.563. The van der Waals surface area contributed by atoms with Crippen molar-refractivity contribution in [3.63, 3.8) is 0 Å². The maximum absolute atomic E-state index is 12.5. The maximum atomic E-state index is 12.5. The molecule has 120 valence electrons. The van der Waals surface area contributed by atoms with Crippen LogP contribution < -0.4 is 0 Å².